The van der Waals surface area contributed by atoms with Gasteiger partial charge in [0, 0.05) is 16.8 Å². The molecule has 1 aliphatic rings. The molecule has 0 saturated carbocycles. The largest absolute Gasteiger partial charge is 0.454 e. The van der Waals surface area contributed by atoms with Crippen LogP contribution < -0.4 is 20.2 Å². The highest BCUT2D eigenvalue weighted by atomic mass is 35.5. The van der Waals surface area contributed by atoms with Crippen molar-refractivity contribution in [2.75, 3.05) is 18.7 Å². The Bertz CT molecular complexity index is 775. The van der Waals surface area contributed by atoms with E-state index >= 15 is 0 Å². The Balaban J connectivity index is 1.52. The summed E-state index contributed by atoms with van der Waals surface area (Å²) in [5.41, 5.74) is 4.88. The van der Waals surface area contributed by atoms with E-state index in [0.717, 1.165) is 11.3 Å². The molecule has 1 heterocycles. The second-order valence-corrected chi connectivity index (χ2v) is 5.60. The van der Waals surface area contributed by atoms with E-state index in [4.69, 9.17) is 21.1 Å². The predicted octanol–water partition coefficient (Wildman–Crippen LogP) is 3.02. The summed E-state index contributed by atoms with van der Waals surface area (Å²) in [4.78, 5) is 11.9. The van der Waals surface area contributed by atoms with E-state index in [1.165, 1.54) is 0 Å². The van der Waals surface area contributed by atoms with Crippen molar-refractivity contribution < 1.29 is 14.3 Å². The number of rotatable bonds is 5. The van der Waals surface area contributed by atoms with Crippen LogP contribution >= 0.6 is 11.6 Å². The first-order valence-corrected chi connectivity index (χ1v) is 7.72. The molecular formula is C17H16ClN3O3. The number of carbonyl (C=O) groups is 1. The lowest BCUT2D eigenvalue weighted by Crippen LogP contribution is -2.26. The number of amides is 1. The van der Waals surface area contributed by atoms with Crippen LogP contribution in [-0.4, -0.2) is 25.0 Å². The van der Waals surface area contributed by atoms with Gasteiger partial charge in [0.2, 0.25) is 6.79 Å². The van der Waals surface area contributed by atoms with Gasteiger partial charge in [0.05, 0.1) is 12.3 Å². The number of benzene rings is 2. The molecule has 2 aromatic rings. The van der Waals surface area contributed by atoms with E-state index < -0.39 is 0 Å². The minimum absolute atomic E-state index is 0.0943. The van der Waals surface area contributed by atoms with Gasteiger partial charge in [-0.3, -0.25) is 4.79 Å². The Labute approximate surface area is 144 Å². The molecule has 0 spiro atoms. The van der Waals surface area contributed by atoms with Crippen LogP contribution in [0.1, 0.15) is 12.5 Å². The van der Waals surface area contributed by atoms with Gasteiger partial charge in [-0.25, -0.2) is 5.43 Å². The van der Waals surface area contributed by atoms with Crippen molar-refractivity contribution in [3.05, 3.63) is 53.1 Å². The molecule has 6 nitrogen and oxygen atoms in total. The second-order valence-electron chi connectivity index (χ2n) is 5.16. The van der Waals surface area contributed by atoms with Crippen molar-refractivity contribution >= 4 is 28.9 Å². The average molecular weight is 346 g/mol. The standard InChI is InChI=1S/C17H16ClN3O3/c1-11(12-2-4-13(18)5-3-12)20-21-17(22)9-19-14-6-7-15-16(8-14)24-10-23-15/h2-8,19H,9-10H2,1H3,(H,21,22)/b20-11-. The van der Waals surface area contributed by atoms with Crippen molar-refractivity contribution in [3.63, 3.8) is 0 Å². The minimum atomic E-state index is -0.249. The Morgan fingerprint density at radius 3 is 2.71 bits per heavy atom. The molecule has 1 aliphatic heterocycles. The Morgan fingerprint density at radius 2 is 1.92 bits per heavy atom. The number of nitrogens with zero attached hydrogens (tertiary/aromatic N) is 1. The van der Waals surface area contributed by atoms with Gasteiger partial charge in [-0.2, -0.15) is 5.10 Å². The number of nitrogens with one attached hydrogen (secondary N) is 2. The molecule has 0 aromatic heterocycles. The number of hydrazone groups is 1. The highest BCUT2D eigenvalue weighted by molar-refractivity contribution is 6.30. The summed E-state index contributed by atoms with van der Waals surface area (Å²) in [5.74, 6) is 1.12. The van der Waals surface area contributed by atoms with Gasteiger partial charge >= 0.3 is 0 Å². The Morgan fingerprint density at radius 1 is 1.17 bits per heavy atom. The molecule has 2 N–H and O–H groups in total. The van der Waals surface area contributed by atoms with Crippen LogP contribution in [0.3, 0.4) is 0 Å². The highest BCUT2D eigenvalue weighted by Gasteiger charge is 2.13. The van der Waals surface area contributed by atoms with Crippen LogP contribution in [0.25, 0.3) is 0 Å². The van der Waals surface area contributed by atoms with Crippen LogP contribution in [0, 0.1) is 0 Å². The lowest BCUT2D eigenvalue weighted by Gasteiger charge is -2.07. The van der Waals surface area contributed by atoms with E-state index in [2.05, 4.69) is 15.8 Å². The maximum Gasteiger partial charge on any atom is 0.259 e. The van der Waals surface area contributed by atoms with E-state index in [1.54, 1.807) is 24.3 Å². The molecule has 3 rings (SSSR count). The third-order valence-corrected chi connectivity index (χ3v) is 3.69. The van der Waals surface area contributed by atoms with E-state index in [-0.39, 0.29) is 19.2 Å². The first-order valence-electron chi connectivity index (χ1n) is 7.34. The lowest BCUT2D eigenvalue weighted by atomic mass is 10.1. The molecule has 7 heteroatoms. The Hall–Kier alpha value is -2.73. The summed E-state index contributed by atoms with van der Waals surface area (Å²) in [5, 5.41) is 7.75. The molecule has 124 valence electrons. The number of fused-ring (bicyclic) bond motifs is 1. The quantitative estimate of drug-likeness (QED) is 0.645. The summed E-state index contributed by atoms with van der Waals surface area (Å²) in [6.07, 6.45) is 0. The third-order valence-electron chi connectivity index (χ3n) is 3.44. The van der Waals surface area contributed by atoms with Gasteiger partial charge in [0.1, 0.15) is 0 Å². The van der Waals surface area contributed by atoms with Gasteiger partial charge in [-0.05, 0) is 36.8 Å². The topological polar surface area (TPSA) is 72.0 Å². The zero-order chi connectivity index (χ0) is 16.9. The molecule has 0 bridgehead atoms. The first-order chi connectivity index (χ1) is 11.6. The molecule has 0 atom stereocenters. The molecule has 0 fully saturated rings. The monoisotopic (exact) mass is 345 g/mol. The molecule has 24 heavy (non-hydrogen) atoms. The van der Waals surface area contributed by atoms with Crippen molar-refractivity contribution in [1.82, 2.24) is 5.43 Å². The molecule has 2 aromatic carbocycles. The molecule has 0 saturated heterocycles. The minimum Gasteiger partial charge on any atom is -0.454 e. The van der Waals surface area contributed by atoms with E-state index in [9.17, 15) is 4.79 Å². The normalized spacial score (nSPS) is 12.8. The number of carbonyl (C=O) groups excluding carboxylic acids is 1. The maximum absolute atomic E-state index is 11.9. The average Bonchev–Trinajstić information content (AvgIpc) is 3.06. The highest BCUT2D eigenvalue weighted by Crippen LogP contribution is 2.34. The smallest absolute Gasteiger partial charge is 0.259 e. The summed E-state index contributed by atoms with van der Waals surface area (Å²) in [6.45, 7) is 2.13. The van der Waals surface area contributed by atoms with Gasteiger partial charge in [-0.15, -0.1) is 0 Å². The number of anilines is 1. The summed E-state index contributed by atoms with van der Waals surface area (Å²) in [6, 6.07) is 12.7. The number of halogens is 1. The second kappa shape index (κ2) is 7.23. The van der Waals surface area contributed by atoms with Crippen LogP contribution in [-0.2, 0) is 4.79 Å². The molecule has 1 amide bonds. The number of ether oxygens (including phenoxy) is 2. The van der Waals surface area contributed by atoms with Crippen LogP contribution in [0.2, 0.25) is 5.02 Å². The predicted molar refractivity (Wildman–Crippen MR) is 92.9 cm³/mol. The molecular weight excluding hydrogens is 330 g/mol. The fourth-order valence-corrected chi connectivity index (χ4v) is 2.26. The Kier molecular flexibility index (Phi) is 4.86. The maximum atomic E-state index is 11.9. The van der Waals surface area contributed by atoms with Crippen molar-refractivity contribution in [3.8, 4) is 11.5 Å². The summed E-state index contributed by atoms with van der Waals surface area (Å²) >= 11 is 5.84. The van der Waals surface area contributed by atoms with E-state index in [1.807, 2.05) is 25.1 Å². The van der Waals surface area contributed by atoms with Crippen LogP contribution in [0.4, 0.5) is 5.69 Å². The number of hydrogen-bond acceptors (Lipinski definition) is 5. The number of hydrogen-bond donors (Lipinski definition) is 2. The van der Waals surface area contributed by atoms with Gasteiger partial charge in [-0.1, -0.05) is 23.7 Å². The zero-order valence-electron chi connectivity index (χ0n) is 13.0. The summed E-state index contributed by atoms with van der Waals surface area (Å²) in [7, 11) is 0. The van der Waals surface area contributed by atoms with Crippen LogP contribution in [0.5, 0.6) is 11.5 Å². The summed E-state index contributed by atoms with van der Waals surface area (Å²) < 4.78 is 10.5. The first kappa shape index (κ1) is 16.1. The zero-order valence-corrected chi connectivity index (χ0v) is 13.8. The molecule has 0 unspecified atom stereocenters. The van der Waals surface area contributed by atoms with Gasteiger partial charge < -0.3 is 14.8 Å². The molecule has 0 radical (unpaired) electrons. The van der Waals surface area contributed by atoms with E-state index in [0.29, 0.717) is 22.2 Å². The SMILES string of the molecule is C/C(=N/NC(=O)CNc1ccc2c(c1)OCO2)c1ccc(Cl)cc1. The van der Waals surface area contributed by atoms with Crippen LogP contribution in [0.15, 0.2) is 47.6 Å². The fourth-order valence-electron chi connectivity index (χ4n) is 2.13. The molecule has 0 aliphatic carbocycles. The van der Waals surface area contributed by atoms with Crippen molar-refractivity contribution in [1.29, 1.82) is 0 Å². The van der Waals surface area contributed by atoms with Crippen molar-refractivity contribution in [2.24, 2.45) is 5.10 Å². The van der Waals surface area contributed by atoms with Gasteiger partial charge in [0.25, 0.3) is 5.91 Å². The fraction of sp³-hybridized carbons (Fsp3) is 0.176. The van der Waals surface area contributed by atoms with Crippen molar-refractivity contribution in [2.45, 2.75) is 6.92 Å². The van der Waals surface area contributed by atoms with Gasteiger partial charge in [0.15, 0.2) is 11.5 Å². The lowest BCUT2D eigenvalue weighted by molar-refractivity contribution is -0.119. The third kappa shape index (κ3) is 3.97.